The smallest absolute Gasteiger partial charge is 0.251 e. The average Bonchev–Trinajstić information content (AvgIpc) is 2.80. The van der Waals surface area contributed by atoms with Crippen LogP contribution in [0.5, 0.6) is 17.2 Å². The second-order valence-corrected chi connectivity index (χ2v) is 8.19. The van der Waals surface area contributed by atoms with E-state index in [1.807, 2.05) is 6.07 Å². The van der Waals surface area contributed by atoms with Crippen LogP contribution in [-0.2, 0) is 0 Å². The van der Waals surface area contributed by atoms with Gasteiger partial charge in [0.25, 0.3) is 5.91 Å². The van der Waals surface area contributed by atoms with Crippen LogP contribution in [-0.4, -0.2) is 51.3 Å². The monoisotopic (exact) mass is 426 g/mol. The lowest BCUT2D eigenvalue weighted by molar-refractivity contribution is 0.0879. The Hall–Kier alpha value is -2.73. The van der Waals surface area contributed by atoms with Crippen molar-refractivity contribution in [2.75, 3.05) is 34.4 Å². The van der Waals surface area contributed by atoms with Crippen molar-refractivity contribution in [3.05, 3.63) is 52.6 Å². The Balaban J connectivity index is 1.71. The van der Waals surface area contributed by atoms with Crippen LogP contribution in [0.3, 0.4) is 0 Å². The van der Waals surface area contributed by atoms with Crippen molar-refractivity contribution in [2.45, 2.75) is 45.7 Å². The molecule has 1 saturated heterocycles. The van der Waals surface area contributed by atoms with Crippen molar-refractivity contribution in [3.63, 3.8) is 0 Å². The molecule has 1 N–H and O–H groups in total. The fourth-order valence-electron chi connectivity index (χ4n) is 4.37. The van der Waals surface area contributed by atoms with Gasteiger partial charge in [-0.1, -0.05) is 6.07 Å². The van der Waals surface area contributed by atoms with E-state index < -0.39 is 0 Å². The molecular formula is C25H34N2O4. The maximum Gasteiger partial charge on any atom is 0.251 e. The summed E-state index contributed by atoms with van der Waals surface area (Å²) >= 11 is 0. The molecule has 6 heteroatoms. The van der Waals surface area contributed by atoms with E-state index in [1.165, 1.54) is 16.7 Å². The number of nitrogens with one attached hydrogen (secondary N) is 1. The number of hydrogen-bond donors (Lipinski definition) is 1. The minimum Gasteiger partial charge on any atom is -0.497 e. The van der Waals surface area contributed by atoms with Crippen LogP contribution in [0.15, 0.2) is 30.3 Å². The van der Waals surface area contributed by atoms with Gasteiger partial charge in [0.2, 0.25) is 0 Å². The van der Waals surface area contributed by atoms with E-state index in [0.29, 0.717) is 17.1 Å². The minimum absolute atomic E-state index is 0.0977. The van der Waals surface area contributed by atoms with E-state index in [9.17, 15) is 4.79 Å². The quantitative estimate of drug-likeness (QED) is 0.716. The zero-order chi connectivity index (χ0) is 22.5. The zero-order valence-electron chi connectivity index (χ0n) is 19.5. The van der Waals surface area contributed by atoms with E-state index in [0.717, 1.165) is 31.7 Å². The molecule has 168 valence electrons. The molecule has 0 spiro atoms. The van der Waals surface area contributed by atoms with Gasteiger partial charge in [-0.3, -0.25) is 9.69 Å². The number of rotatable bonds is 7. The van der Waals surface area contributed by atoms with Gasteiger partial charge in [0, 0.05) is 30.3 Å². The highest BCUT2D eigenvalue weighted by molar-refractivity contribution is 5.95. The number of amides is 1. The number of piperidine rings is 1. The third kappa shape index (κ3) is 5.13. The first kappa shape index (κ1) is 22.9. The maximum atomic E-state index is 12.9. The predicted octanol–water partition coefficient (Wildman–Crippen LogP) is 4.28. The highest BCUT2D eigenvalue weighted by atomic mass is 16.5. The van der Waals surface area contributed by atoms with Gasteiger partial charge >= 0.3 is 0 Å². The Kier molecular flexibility index (Phi) is 7.44. The van der Waals surface area contributed by atoms with Crippen LogP contribution in [0, 0.1) is 13.8 Å². The summed E-state index contributed by atoms with van der Waals surface area (Å²) in [6.07, 6.45) is 2.02. The number of carbonyl (C=O) groups excluding carboxylic acids is 1. The molecule has 0 aliphatic carbocycles. The number of methoxy groups -OCH3 is 3. The standard InChI is InChI=1S/C25H34N2O4/c1-16-17(2)24(31-6)10-9-23(16)18(3)27-11-7-8-20(15-27)26-25(28)19-12-21(29-4)14-22(13-19)30-5/h9-10,12-14,18,20H,7-8,11,15H2,1-6H3,(H,26,28)/t18?,20-/m1/s1. The first-order valence-corrected chi connectivity index (χ1v) is 10.8. The van der Waals surface area contributed by atoms with E-state index in [4.69, 9.17) is 14.2 Å². The Morgan fingerprint density at radius 1 is 1.03 bits per heavy atom. The zero-order valence-corrected chi connectivity index (χ0v) is 19.5. The molecule has 1 amide bonds. The van der Waals surface area contributed by atoms with Gasteiger partial charge in [-0.25, -0.2) is 0 Å². The summed E-state index contributed by atoms with van der Waals surface area (Å²) in [6.45, 7) is 8.34. The number of likely N-dealkylation sites (tertiary alicyclic amines) is 1. The Morgan fingerprint density at radius 2 is 1.71 bits per heavy atom. The number of nitrogens with zero attached hydrogens (tertiary/aromatic N) is 1. The van der Waals surface area contributed by atoms with E-state index >= 15 is 0 Å². The van der Waals surface area contributed by atoms with Gasteiger partial charge < -0.3 is 19.5 Å². The van der Waals surface area contributed by atoms with Crippen LogP contribution in [0.1, 0.15) is 52.9 Å². The van der Waals surface area contributed by atoms with Crippen molar-refractivity contribution >= 4 is 5.91 Å². The molecule has 0 radical (unpaired) electrons. The minimum atomic E-state index is -0.104. The van der Waals surface area contributed by atoms with Crippen LogP contribution >= 0.6 is 0 Å². The lowest BCUT2D eigenvalue weighted by Crippen LogP contribution is -2.48. The van der Waals surface area contributed by atoms with Crippen molar-refractivity contribution in [1.82, 2.24) is 10.2 Å². The molecule has 2 atom stereocenters. The van der Waals surface area contributed by atoms with Crippen molar-refractivity contribution in [1.29, 1.82) is 0 Å². The summed E-state index contributed by atoms with van der Waals surface area (Å²) in [5.74, 6) is 2.03. The van der Waals surface area contributed by atoms with Crippen molar-refractivity contribution in [3.8, 4) is 17.2 Å². The van der Waals surface area contributed by atoms with Crippen LogP contribution in [0.2, 0.25) is 0 Å². The molecule has 0 aromatic heterocycles. The summed E-state index contributed by atoms with van der Waals surface area (Å²) in [4.78, 5) is 15.4. The van der Waals surface area contributed by atoms with E-state index in [1.54, 1.807) is 39.5 Å². The molecule has 2 aromatic rings. The molecule has 1 unspecified atom stereocenters. The fraction of sp³-hybridized carbons (Fsp3) is 0.480. The van der Waals surface area contributed by atoms with Crippen LogP contribution < -0.4 is 19.5 Å². The normalized spacial score (nSPS) is 17.7. The van der Waals surface area contributed by atoms with Crippen molar-refractivity contribution in [2.24, 2.45) is 0 Å². The number of carbonyl (C=O) groups is 1. The fourth-order valence-corrected chi connectivity index (χ4v) is 4.37. The summed E-state index contributed by atoms with van der Waals surface area (Å²) in [6, 6.07) is 9.82. The van der Waals surface area contributed by atoms with Gasteiger partial charge in [0.1, 0.15) is 17.2 Å². The highest BCUT2D eigenvalue weighted by Gasteiger charge is 2.27. The number of benzene rings is 2. The van der Waals surface area contributed by atoms with E-state index in [-0.39, 0.29) is 18.0 Å². The second-order valence-electron chi connectivity index (χ2n) is 8.19. The molecule has 0 saturated carbocycles. The molecule has 1 aliphatic heterocycles. The summed E-state index contributed by atoms with van der Waals surface area (Å²) < 4.78 is 16.1. The van der Waals surface area contributed by atoms with Crippen LogP contribution in [0.25, 0.3) is 0 Å². The molecular weight excluding hydrogens is 392 g/mol. The molecule has 1 fully saturated rings. The molecule has 3 rings (SSSR count). The third-order valence-electron chi connectivity index (χ3n) is 6.40. The Morgan fingerprint density at radius 3 is 2.32 bits per heavy atom. The Labute approximate surface area is 185 Å². The topological polar surface area (TPSA) is 60.0 Å². The first-order chi connectivity index (χ1) is 14.9. The number of hydrogen-bond acceptors (Lipinski definition) is 5. The highest BCUT2D eigenvalue weighted by Crippen LogP contribution is 2.32. The molecule has 6 nitrogen and oxygen atoms in total. The number of ether oxygens (including phenoxy) is 3. The van der Waals surface area contributed by atoms with Crippen molar-refractivity contribution < 1.29 is 19.0 Å². The van der Waals surface area contributed by atoms with Crippen LogP contribution in [0.4, 0.5) is 0 Å². The molecule has 2 aromatic carbocycles. The largest absolute Gasteiger partial charge is 0.497 e. The Bertz CT molecular complexity index is 906. The van der Waals surface area contributed by atoms with E-state index in [2.05, 4.69) is 37.1 Å². The SMILES string of the molecule is COc1cc(OC)cc(C(=O)N[C@@H]2CCCN(C(C)c3ccc(OC)c(C)c3C)C2)c1. The van der Waals surface area contributed by atoms with Gasteiger partial charge in [0.15, 0.2) is 0 Å². The third-order valence-corrected chi connectivity index (χ3v) is 6.40. The average molecular weight is 427 g/mol. The molecule has 1 heterocycles. The predicted molar refractivity (Wildman–Crippen MR) is 122 cm³/mol. The van der Waals surface area contributed by atoms with Gasteiger partial charge in [-0.05, 0) is 75.0 Å². The van der Waals surface area contributed by atoms with Gasteiger partial charge in [0.05, 0.1) is 21.3 Å². The molecule has 0 bridgehead atoms. The second kappa shape index (κ2) is 10.1. The summed E-state index contributed by atoms with van der Waals surface area (Å²) in [5.41, 5.74) is 4.30. The first-order valence-electron chi connectivity index (χ1n) is 10.8. The van der Waals surface area contributed by atoms with Gasteiger partial charge in [-0.2, -0.15) is 0 Å². The lowest BCUT2D eigenvalue weighted by atomic mass is 9.94. The van der Waals surface area contributed by atoms with Gasteiger partial charge in [-0.15, -0.1) is 0 Å². The molecule has 1 aliphatic rings. The lowest BCUT2D eigenvalue weighted by Gasteiger charge is -2.38. The summed E-state index contributed by atoms with van der Waals surface area (Å²) in [7, 11) is 4.88. The molecule has 31 heavy (non-hydrogen) atoms. The maximum absolute atomic E-state index is 12.9. The summed E-state index contributed by atoms with van der Waals surface area (Å²) in [5, 5.41) is 3.21.